The Balaban J connectivity index is 1.19. The Labute approximate surface area is 332 Å². The summed E-state index contributed by atoms with van der Waals surface area (Å²) < 4.78 is 6.05. The highest BCUT2D eigenvalue weighted by Crippen LogP contribution is 2.62. The Morgan fingerprint density at radius 3 is 2.49 bits per heavy atom. The fraction of sp³-hybridized carbons (Fsp3) is 0.694. The maximum atomic E-state index is 14.5. The number of ketones is 1. The second-order valence-corrected chi connectivity index (χ2v) is 19.7. The Kier molecular flexibility index (Phi) is 12.8. The normalized spacial score (nSPS) is 33.0. The summed E-state index contributed by atoms with van der Waals surface area (Å²) in [4.78, 5) is 16.9. The number of rotatable bonds is 12. The van der Waals surface area contributed by atoms with Crippen LogP contribution in [0.1, 0.15) is 151 Å². The maximum Gasteiger partial charge on any atom is 0.166 e. The summed E-state index contributed by atoms with van der Waals surface area (Å²) >= 11 is 0. The molecular formula is C49H71NO5. The predicted molar refractivity (Wildman–Crippen MR) is 221 cm³/mol. The lowest BCUT2D eigenvalue weighted by Gasteiger charge is -2.61. The van der Waals surface area contributed by atoms with Gasteiger partial charge in [0, 0.05) is 36.5 Å². The average molecular weight is 754 g/mol. The van der Waals surface area contributed by atoms with E-state index in [-0.39, 0.29) is 24.2 Å². The van der Waals surface area contributed by atoms with Crippen LogP contribution in [-0.4, -0.2) is 70.1 Å². The van der Waals surface area contributed by atoms with E-state index >= 15 is 0 Å². The van der Waals surface area contributed by atoms with Crippen LogP contribution in [0.25, 0.3) is 0 Å². The van der Waals surface area contributed by atoms with Crippen molar-refractivity contribution < 1.29 is 24.9 Å². The van der Waals surface area contributed by atoms with Crippen LogP contribution < -0.4 is 0 Å². The monoisotopic (exact) mass is 754 g/mol. The second kappa shape index (κ2) is 17.2. The molecule has 55 heavy (non-hydrogen) atoms. The molecule has 9 rings (SSSR count). The van der Waals surface area contributed by atoms with E-state index in [1.165, 1.54) is 31.3 Å². The van der Waals surface area contributed by atoms with E-state index in [4.69, 9.17) is 4.74 Å². The predicted octanol–water partition coefficient (Wildman–Crippen LogP) is 9.44. The Morgan fingerprint density at radius 2 is 1.75 bits per heavy atom. The zero-order chi connectivity index (χ0) is 38.8. The highest BCUT2D eigenvalue weighted by atomic mass is 16.5. The molecule has 3 N–H and O–H groups in total. The maximum absolute atomic E-state index is 14.5. The van der Waals surface area contributed by atoms with Crippen LogP contribution in [-0.2, 0) is 17.8 Å². The van der Waals surface area contributed by atoms with E-state index < -0.39 is 23.2 Å². The van der Waals surface area contributed by atoms with Crippen LogP contribution in [0.15, 0.2) is 60.2 Å². The third-order valence-corrected chi connectivity index (χ3v) is 15.8. The molecule has 8 unspecified atom stereocenters. The number of ether oxygens (including phenoxy) is 1. The summed E-state index contributed by atoms with van der Waals surface area (Å²) in [7, 11) is 0. The van der Waals surface area contributed by atoms with Gasteiger partial charge in [-0.25, -0.2) is 0 Å². The molecule has 0 aliphatic heterocycles. The Hall–Kier alpha value is -2.35. The molecule has 0 saturated heterocycles. The molecular weight excluding hydrogens is 683 g/mol. The quantitative estimate of drug-likeness (QED) is 0.148. The highest BCUT2D eigenvalue weighted by molar-refractivity contribution is 5.99. The minimum atomic E-state index is -1.01. The van der Waals surface area contributed by atoms with Crippen LogP contribution in [0.5, 0.6) is 0 Å². The molecule has 8 atom stereocenters. The van der Waals surface area contributed by atoms with Crippen molar-refractivity contribution in [3.8, 4) is 0 Å². The van der Waals surface area contributed by atoms with Crippen molar-refractivity contribution in [3.63, 3.8) is 0 Å². The van der Waals surface area contributed by atoms with Crippen molar-refractivity contribution in [2.45, 2.75) is 154 Å². The SMILES string of the molecule is CC1=CCCC2(C)C(CCC2(O)CN(CC(O)COCc2ccccc2)CC2CCC3CC2C3(C)C)c2ccc(cc2C(=O)C2CCCCC2)CC(O)CC1. The molecule has 6 heteroatoms. The van der Waals surface area contributed by atoms with Gasteiger partial charge in [0.05, 0.1) is 31.0 Å². The van der Waals surface area contributed by atoms with Crippen LogP contribution in [0.4, 0.5) is 0 Å². The average Bonchev–Trinajstić information content (AvgIpc) is 3.42. The van der Waals surface area contributed by atoms with E-state index in [2.05, 4.69) is 69.0 Å². The first-order valence-electron chi connectivity index (χ1n) is 22.1. The molecule has 0 aromatic heterocycles. The number of Topliss-reactive ketones (excluding diaryl/α,β-unsaturated/α-hetero) is 1. The van der Waals surface area contributed by atoms with Gasteiger partial charge in [-0.1, -0.05) is 94.1 Å². The molecule has 5 fully saturated rings. The zero-order valence-electron chi connectivity index (χ0n) is 34.5. The van der Waals surface area contributed by atoms with Gasteiger partial charge in [0.15, 0.2) is 5.78 Å². The Bertz CT molecular complexity index is 1630. The van der Waals surface area contributed by atoms with Gasteiger partial charge in [-0.15, -0.1) is 0 Å². The molecule has 0 radical (unpaired) electrons. The van der Waals surface area contributed by atoms with E-state index in [0.717, 1.165) is 86.1 Å². The van der Waals surface area contributed by atoms with E-state index in [1.807, 2.05) is 18.2 Å². The Morgan fingerprint density at radius 1 is 0.964 bits per heavy atom. The highest BCUT2D eigenvalue weighted by Gasteiger charge is 2.58. The number of benzene rings is 2. The fourth-order valence-electron chi connectivity index (χ4n) is 12.1. The van der Waals surface area contributed by atoms with E-state index in [9.17, 15) is 20.1 Å². The number of allylic oxidation sites excluding steroid dienone is 2. The molecule has 2 aromatic carbocycles. The summed E-state index contributed by atoms with van der Waals surface area (Å²) in [6.07, 6.45) is 15.6. The topological polar surface area (TPSA) is 90.2 Å². The van der Waals surface area contributed by atoms with Gasteiger partial charge in [0.1, 0.15) is 0 Å². The van der Waals surface area contributed by atoms with Crippen LogP contribution in [0.2, 0.25) is 0 Å². The summed E-state index contributed by atoms with van der Waals surface area (Å²) in [6, 6.07) is 16.6. The molecule has 0 spiro atoms. The fourth-order valence-corrected chi connectivity index (χ4v) is 12.1. The minimum absolute atomic E-state index is 0.0256. The van der Waals surface area contributed by atoms with E-state index in [1.54, 1.807) is 0 Å². The summed E-state index contributed by atoms with van der Waals surface area (Å²) in [5.41, 5.74) is 4.22. The molecule has 6 nitrogen and oxygen atoms in total. The largest absolute Gasteiger partial charge is 0.393 e. The molecule has 5 saturated carbocycles. The number of aliphatic hydroxyl groups is 3. The number of carbonyl (C=O) groups excluding carboxylic acids is 1. The third-order valence-electron chi connectivity index (χ3n) is 15.8. The van der Waals surface area contributed by atoms with Crippen LogP contribution in [0, 0.1) is 34.5 Å². The molecule has 2 aromatic rings. The van der Waals surface area contributed by atoms with Crippen molar-refractivity contribution in [3.05, 3.63) is 82.4 Å². The van der Waals surface area contributed by atoms with Gasteiger partial charge in [0.25, 0.3) is 0 Å². The smallest absolute Gasteiger partial charge is 0.166 e. The first kappa shape index (κ1) is 40.8. The lowest BCUT2D eigenvalue weighted by Crippen LogP contribution is -2.58. The van der Waals surface area contributed by atoms with Crippen molar-refractivity contribution >= 4 is 5.78 Å². The molecule has 4 bridgehead atoms. The first-order valence-corrected chi connectivity index (χ1v) is 22.1. The van der Waals surface area contributed by atoms with Gasteiger partial charge in [0.2, 0.25) is 0 Å². The number of hydrogen-bond donors (Lipinski definition) is 3. The summed E-state index contributed by atoms with van der Waals surface area (Å²) in [5, 5.41) is 35.9. The number of hydrogen-bond acceptors (Lipinski definition) is 6. The second-order valence-electron chi connectivity index (χ2n) is 19.7. The number of nitrogens with zero attached hydrogens (tertiary/aromatic N) is 1. The lowest BCUT2D eigenvalue weighted by atomic mass is 9.45. The third kappa shape index (κ3) is 8.89. The molecule has 7 aliphatic rings. The first-order chi connectivity index (χ1) is 26.4. The van der Waals surface area contributed by atoms with Crippen LogP contribution >= 0.6 is 0 Å². The molecule has 302 valence electrons. The van der Waals surface area contributed by atoms with Gasteiger partial charge >= 0.3 is 0 Å². The van der Waals surface area contributed by atoms with Crippen molar-refractivity contribution in [2.75, 3.05) is 26.2 Å². The number of aliphatic hydroxyl groups excluding tert-OH is 2. The molecule has 7 aliphatic carbocycles. The molecule has 0 amide bonds. The zero-order valence-corrected chi connectivity index (χ0v) is 34.5. The van der Waals surface area contributed by atoms with Gasteiger partial charge in [-0.3, -0.25) is 9.69 Å². The van der Waals surface area contributed by atoms with Crippen molar-refractivity contribution in [2.24, 2.45) is 34.5 Å². The van der Waals surface area contributed by atoms with Gasteiger partial charge in [-0.2, -0.15) is 0 Å². The van der Waals surface area contributed by atoms with Crippen LogP contribution in [0.3, 0.4) is 0 Å². The van der Waals surface area contributed by atoms with Crippen molar-refractivity contribution in [1.82, 2.24) is 4.90 Å². The summed E-state index contributed by atoms with van der Waals surface area (Å²) in [6.45, 7) is 11.9. The van der Waals surface area contributed by atoms with Gasteiger partial charge < -0.3 is 20.1 Å². The van der Waals surface area contributed by atoms with Gasteiger partial charge in [-0.05, 0) is 136 Å². The standard InChI is InChI=1S/C49H71NO5/c1-34-12-11-24-48(4)44(42-22-18-36(26-40(51)21-17-34)27-43(42)46(53)37-15-9-6-10-16-37)23-25-49(48,54)33-50(29-38-19-20-39-28-45(38)47(39,2)3)30-41(52)32-55-31-35-13-7-5-8-14-35/h5,7-8,12-14,18,22,27,37-41,44-45,51-52,54H,6,9-11,15-17,19-21,23-26,28-33H2,1-4H3. The van der Waals surface area contributed by atoms with Crippen molar-refractivity contribution in [1.29, 1.82) is 0 Å². The number of fused-ring (bicyclic) bond motifs is 10. The minimum Gasteiger partial charge on any atom is -0.393 e. The lowest BCUT2D eigenvalue weighted by molar-refractivity contribution is -0.127. The number of carbonyl (C=O) groups is 1. The summed E-state index contributed by atoms with van der Waals surface area (Å²) in [5.74, 6) is 2.39. The molecule has 0 heterocycles. The van der Waals surface area contributed by atoms with E-state index in [0.29, 0.717) is 56.2 Å².